The highest BCUT2D eigenvalue weighted by Gasteiger charge is 2.30. The third-order valence-electron chi connectivity index (χ3n) is 2.83. The first-order chi connectivity index (χ1) is 8.58. The van der Waals surface area contributed by atoms with Gasteiger partial charge in [-0.15, -0.1) is 0 Å². The summed E-state index contributed by atoms with van der Waals surface area (Å²) in [5.41, 5.74) is 0.656. The van der Waals surface area contributed by atoms with Gasteiger partial charge in [-0.1, -0.05) is 5.16 Å². The van der Waals surface area contributed by atoms with Crippen molar-refractivity contribution < 1.29 is 24.0 Å². The second-order valence-electron chi connectivity index (χ2n) is 4.21. The monoisotopic (exact) mass is 254 g/mol. The molecule has 1 aliphatic rings. The van der Waals surface area contributed by atoms with Crippen LogP contribution in [-0.4, -0.2) is 40.9 Å². The molecule has 0 spiro atoms. The minimum atomic E-state index is -0.963. The van der Waals surface area contributed by atoms with Crippen LogP contribution in [0.5, 0.6) is 0 Å². The van der Waals surface area contributed by atoms with Crippen LogP contribution in [0.4, 0.5) is 0 Å². The number of carboxylic acid groups (broad SMARTS) is 1. The number of carbonyl (C=O) groups excluding carboxylic acids is 1. The Labute approximate surface area is 103 Å². The highest BCUT2D eigenvalue weighted by atomic mass is 16.5. The Kier molecular flexibility index (Phi) is 3.61. The molecule has 7 nitrogen and oxygen atoms in total. The molecule has 0 saturated carbocycles. The number of hydrogen-bond donors (Lipinski definition) is 2. The molecular formula is C11H14N2O5. The van der Waals surface area contributed by atoms with E-state index in [1.54, 1.807) is 6.92 Å². The smallest absolute Gasteiger partial charge is 0.332 e. The SMILES string of the molecule is Cc1cnoc1C(=O)NCC1CCC(C(=O)O)O1. The van der Waals surface area contributed by atoms with Crippen LogP contribution in [0.25, 0.3) is 0 Å². The third kappa shape index (κ3) is 2.67. The minimum Gasteiger partial charge on any atom is -0.479 e. The Morgan fingerprint density at radius 2 is 2.33 bits per heavy atom. The molecule has 1 fully saturated rings. The van der Waals surface area contributed by atoms with Crippen LogP contribution in [0, 0.1) is 6.92 Å². The second kappa shape index (κ2) is 5.18. The van der Waals surface area contributed by atoms with Gasteiger partial charge in [0.05, 0.1) is 12.3 Å². The van der Waals surface area contributed by atoms with Crippen LogP contribution in [0.1, 0.15) is 29.0 Å². The number of ether oxygens (including phenoxy) is 1. The molecule has 98 valence electrons. The standard InChI is InChI=1S/C11H14N2O5/c1-6-4-13-18-9(6)10(14)12-5-7-2-3-8(17-7)11(15)16/h4,7-8H,2-3,5H2,1H3,(H,12,14)(H,15,16). The normalized spacial score (nSPS) is 22.9. The summed E-state index contributed by atoms with van der Waals surface area (Å²) < 4.78 is 10.1. The first kappa shape index (κ1) is 12.6. The fourth-order valence-corrected chi connectivity index (χ4v) is 1.83. The molecule has 2 heterocycles. The topological polar surface area (TPSA) is 102 Å². The number of hydrogen-bond acceptors (Lipinski definition) is 5. The van der Waals surface area contributed by atoms with E-state index < -0.39 is 12.1 Å². The summed E-state index contributed by atoms with van der Waals surface area (Å²) in [6.07, 6.45) is 1.52. The number of rotatable bonds is 4. The summed E-state index contributed by atoms with van der Waals surface area (Å²) in [5, 5.41) is 14.9. The molecule has 0 radical (unpaired) electrons. The molecule has 18 heavy (non-hydrogen) atoms. The molecule has 2 N–H and O–H groups in total. The highest BCUT2D eigenvalue weighted by Crippen LogP contribution is 2.19. The third-order valence-corrected chi connectivity index (χ3v) is 2.83. The van der Waals surface area contributed by atoms with Crippen LogP contribution in [-0.2, 0) is 9.53 Å². The largest absolute Gasteiger partial charge is 0.479 e. The molecule has 0 aliphatic carbocycles. The molecule has 2 atom stereocenters. The lowest BCUT2D eigenvalue weighted by molar-refractivity contribution is -0.149. The number of aryl methyl sites for hydroxylation is 1. The van der Waals surface area contributed by atoms with Gasteiger partial charge >= 0.3 is 5.97 Å². The summed E-state index contributed by atoms with van der Waals surface area (Å²) in [6, 6.07) is 0. The number of aliphatic carboxylic acids is 1. The van der Waals surface area contributed by atoms with Gasteiger partial charge in [0.25, 0.3) is 5.91 Å². The number of amides is 1. The minimum absolute atomic E-state index is 0.169. The zero-order valence-electron chi connectivity index (χ0n) is 9.88. The van der Waals surface area contributed by atoms with Crippen molar-refractivity contribution >= 4 is 11.9 Å². The lowest BCUT2D eigenvalue weighted by Gasteiger charge is -2.11. The summed E-state index contributed by atoms with van der Waals surface area (Å²) in [7, 11) is 0. The van der Waals surface area contributed by atoms with Gasteiger partial charge in [0.15, 0.2) is 6.10 Å². The number of carboxylic acids is 1. The number of nitrogens with zero attached hydrogens (tertiary/aromatic N) is 1. The molecule has 0 aromatic carbocycles. The lowest BCUT2D eigenvalue weighted by Crippen LogP contribution is -2.33. The lowest BCUT2D eigenvalue weighted by atomic mass is 10.2. The highest BCUT2D eigenvalue weighted by molar-refractivity contribution is 5.92. The van der Waals surface area contributed by atoms with E-state index in [9.17, 15) is 9.59 Å². The quantitative estimate of drug-likeness (QED) is 0.803. The molecule has 1 aliphatic heterocycles. The maximum atomic E-state index is 11.7. The molecule has 2 unspecified atom stereocenters. The first-order valence-corrected chi connectivity index (χ1v) is 5.65. The van der Waals surface area contributed by atoms with E-state index in [1.165, 1.54) is 6.20 Å². The van der Waals surface area contributed by atoms with Crippen molar-refractivity contribution in [2.24, 2.45) is 0 Å². The molecule has 0 bridgehead atoms. The van der Waals surface area contributed by atoms with Crippen molar-refractivity contribution in [3.8, 4) is 0 Å². The van der Waals surface area contributed by atoms with E-state index in [2.05, 4.69) is 10.5 Å². The summed E-state index contributed by atoms with van der Waals surface area (Å²) in [6.45, 7) is 1.99. The van der Waals surface area contributed by atoms with E-state index >= 15 is 0 Å². The van der Waals surface area contributed by atoms with Crippen molar-refractivity contribution in [1.29, 1.82) is 0 Å². The van der Waals surface area contributed by atoms with Gasteiger partial charge in [-0.3, -0.25) is 4.79 Å². The summed E-state index contributed by atoms with van der Waals surface area (Å²) in [5.74, 6) is -1.16. The van der Waals surface area contributed by atoms with E-state index in [1.807, 2.05) is 0 Å². The molecule has 1 saturated heterocycles. The maximum Gasteiger partial charge on any atom is 0.332 e. The van der Waals surface area contributed by atoms with Gasteiger partial charge in [-0.2, -0.15) is 0 Å². The van der Waals surface area contributed by atoms with Gasteiger partial charge < -0.3 is 19.7 Å². The molecule has 1 aromatic heterocycles. The second-order valence-corrected chi connectivity index (χ2v) is 4.21. The number of nitrogens with one attached hydrogen (secondary N) is 1. The van der Waals surface area contributed by atoms with Crippen molar-refractivity contribution in [3.05, 3.63) is 17.5 Å². The van der Waals surface area contributed by atoms with Crippen molar-refractivity contribution in [1.82, 2.24) is 10.5 Å². The van der Waals surface area contributed by atoms with Gasteiger partial charge in [0.2, 0.25) is 5.76 Å². The molecule has 2 rings (SSSR count). The number of aromatic nitrogens is 1. The van der Waals surface area contributed by atoms with Gasteiger partial charge in [0.1, 0.15) is 0 Å². The Balaban J connectivity index is 1.81. The van der Waals surface area contributed by atoms with Crippen LogP contribution < -0.4 is 5.32 Å². The van der Waals surface area contributed by atoms with Crippen molar-refractivity contribution in [2.45, 2.75) is 32.0 Å². The maximum absolute atomic E-state index is 11.7. The van der Waals surface area contributed by atoms with Crippen LogP contribution >= 0.6 is 0 Å². The van der Waals surface area contributed by atoms with Gasteiger partial charge in [-0.25, -0.2) is 4.79 Å². The first-order valence-electron chi connectivity index (χ1n) is 5.65. The fraction of sp³-hybridized carbons (Fsp3) is 0.545. The Morgan fingerprint density at radius 1 is 1.56 bits per heavy atom. The molecule has 7 heteroatoms. The molecule has 1 aromatic rings. The van der Waals surface area contributed by atoms with Crippen LogP contribution in [0.3, 0.4) is 0 Å². The van der Waals surface area contributed by atoms with Crippen LogP contribution in [0.2, 0.25) is 0 Å². The van der Waals surface area contributed by atoms with Crippen molar-refractivity contribution in [3.63, 3.8) is 0 Å². The average molecular weight is 254 g/mol. The summed E-state index contributed by atoms with van der Waals surface area (Å²) >= 11 is 0. The van der Waals surface area contributed by atoms with E-state index in [4.69, 9.17) is 14.4 Å². The fourth-order valence-electron chi connectivity index (χ4n) is 1.83. The average Bonchev–Trinajstić information content (AvgIpc) is 2.94. The van der Waals surface area contributed by atoms with E-state index in [0.717, 1.165) is 0 Å². The molecule has 1 amide bonds. The van der Waals surface area contributed by atoms with Gasteiger partial charge in [0, 0.05) is 12.1 Å². The Bertz CT molecular complexity index is 456. The number of carbonyl (C=O) groups is 2. The van der Waals surface area contributed by atoms with Crippen molar-refractivity contribution in [2.75, 3.05) is 6.54 Å². The zero-order valence-corrected chi connectivity index (χ0v) is 9.88. The predicted molar refractivity (Wildman–Crippen MR) is 59.1 cm³/mol. The summed E-state index contributed by atoms with van der Waals surface area (Å²) in [4.78, 5) is 22.4. The predicted octanol–water partition coefficient (Wildman–Crippen LogP) is 0.345. The Morgan fingerprint density at radius 3 is 2.89 bits per heavy atom. The Hall–Kier alpha value is -1.89. The molecular weight excluding hydrogens is 240 g/mol. The van der Waals surface area contributed by atoms with Gasteiger partial charge in [-0.05, 0) is 19.8 Å². The van der Waals surface area contributed by atoms with Crippen LogP contribution in [0.15, 0.2) is 10.7 Å². The van der Waals surface area contributed by atoms with E-state index in [-0.39, 0.29) is 24.3 Å². The van der Waals surface area contributed by atoms with E-state index in [0.29, 0.717) is 18.4 Å². The zero-order chi connectivity index (χ0) is 13.1.